The summed E-state index contributed by atoms with van der Waals surface area (Å²) in [5.41, 5.74) is 0.889. The molecule has 0 saturated heterocycles. The van der Waals surface area contributed by atoms with Gasteiger partial charge in [-0.25, -0.2) is 9.78 Å². The number of benzene rings is 1. The molecule has 1 aromatic heterocycles. The summed E-state index contributed by atoms with van der Waals surface area (Å²) in [6.07, 6.45) is 7.50. The summed E-state index contributed by atoms with van der Waals surface area (Å²) < 4.78 is 1.95. The normalized spacial score (nSPS) is 11.8. The zero-order valence-electron chi connectivity index (χ0n) is 12.9. The Kier molecular flexibility index (Phi) is 6.35. The second kappa shape index (κ2) is 8.73. The van der Waals surface area contributed by atoms with Gasteiger partial charge in [0.05, 0.1) is 6.33 Å². The summed E-state index contributed by atoms with van der Waals surface area (Å²) in [6, 6.07) is 8.40. The number of unbranched alkanes of at least 4 members (excludes halogenated alkanes) is 1. The molecule has 0 radical (unpaired) electrons. The maximum Gasteiger partial charge on any atom is 0.326 e. The maximum atomic E-state index is 11.9. The highest BCUT2D eigenvalue weighted by molar-refractivity contribution is 5.83. The predicted molar refractivity (Wildman–Crippen MR) is 85.8 cm³/mol. The van der Waals surface area contributed by atoms with Crippen molar-refractivity contribution in [2.45, 2.75) is 38.3 Å². The summed E-state index contributed by atoms with van der Waals surface area (Å²) >= 11 is 0. The Morgan fingerprint density at radius 2 is 2.00 bits per heavy atom. The van der Waals surface area contributed by atoms with E-state index < -0.39 is 12.0 Å². The lowest BCUT2D eigenvalue weighted by atomic mass is 10.1. The van der Waals surface area contributed by atoms with Crippen LogP contribution in [-0.2, 0) is 22.6 Å². The zero-order chi connectivity index (χ0) is 16.5. The number of rotatable bonds is 9. The molecule has 0 spiro atoms. The minimum Gasteiger partial charge on any atom is -0.480 e. The lowest BCUT2D eigenvalue weighted by molar-refractivity contribution is -0.141. The quantitative estimate of drug-likeness (QED) is 0.692. The summed E-state index contributed by atoms with van der Waals surface area (Å²) in [5, 5.41) is 11.9. The number of aryl methyl sites for hydroxylation is 1. The Balaban J connectivity index is 1.73. The SMILES string of the molecule is O=C(CCCCn1ccnc1)N[C@@H](Cc1ccccc1)C(=O)O. The van der Waals surface area contributed by atoms with Gasteiger partial charge >= 0.3 is 5.97 Å². The van der Waals surface area contributed by atoms with Crippen LogP contribution in [0.1, 0.15) is 24.8 Å². The standard InChI is InChI=1S/C17H21N3O3/c21-16(8-4-5-10-20-11-9-18-13-20)19-15(17(22)23)12-14-6-2-1-3-7-14/h1-3,6-7,9,11,13,15H,4-5,8,10,12H2,(H,19,21)(H,22,23)/t15-/m0/s1. The fraction of sp³-hybridized carbons (Fsp3) is 0.353. The lowest BCUT2D eigenvalue weighted by Crippen LogP contribution is -2.42. The van der Waals surface area contributed by atoms with E-state index in [1.165, 1.54) is 0 Å². The van der Waals surface area contributed by atoms with Crippen LogP contribution in [0.4, 0.5) is 0 Å². The van der Waals surface area contributed by atoms with Crippen LogP contribution in [0.3, 0.4) is 0 Å². The molecule has 0 saturated carbocycles. The van der Waals surface area contributed by atoms with Gasteiger partial charge in [-0.3, -0.25) is 4.79 Å². The third-order valence-corrected chi connectivity index (χ3v) is 3.55. The Bertz CT molecular complexity index is 611. The number of carbonyl (C=O) groups excluding carboxylic acids is 1. The second-order valence-corrected chi connectivity index (χ2v) is 5.41. The summed E-state index contributed by atoms with van der Waals surface area (Å²) in [7, 11) is 0. The Labute approximate surface area is 135 Å². The minimum absolute atomic E-state index is 0.223. The van der Waals surface area contributed by atoms with Gasteiger partial charge in [0.25, 0.3) is 0 Å². The highest BCUT2D eigenvalue weighted by Crippen LogP contribution is 2.05. The first-order chi connectivity index (χ1) is 11.1. The van der Waals surface area contributed by atoms with Gasteiger partial charge in [0.1, 0.15) is 6.04 Å². The van der Waals surface area contributed by atoms with E-state index in [4.69, 9.17) is 0 Å². The van der Waals surface area contributed by atoms with Gasteiger partial charge in [-0.05, 0) is 18.4 Å². The molecule has 23 heavy (non-hydrogen) atoms. The van der Waals surface area contributed by atoms with Crippen molar-refractivity contribution in [1.29, 1.82) is 0 Å². The number of imidazole rings is 1. The number of aliphatic carboxylic acids is 1. The van der Waals surface area contributed by atoms with E-state index in [-0.39, 0.29) is 12.3 Å². The number of carbonyl (C=O) groups is 2. The van der Waals surface area contributed by atoms with Gasteiger partial charge in [-0.15, -0.1) is 0 Å². The average Bonchev–Trinajstić information content (AvgIpc) is 3.05. The first-order valence-electron chi connectivity index (χ1n) is 7.67. The molecule has 0 bridgehead atoms. The van der Waals surface area contributed by atoms with E-state index in [2.05, 4.69) is 10.3 Å². The van der Waals surface area contributed by atoms with Crippen molar-refractivity contribution >= 4 is 11.9 Å². The van der Waals surface area contributed by atoms with Gasteiger partial charge in [0.2, 0.25) is 5.91 Å². The Hall–Kier alpha value is -2.63. The van der Waals surface area contributed by atoms with Crippen molar-refractivity contribution in [1.82, 2.24) is 14.9 Å². The highest BCUT2D eigenvalue weighted by Gasteiger charge is 2.19. The molecule has 0 fully saturated rings. The van der Waals surface area contributed by atoms with E-state index in [0.717, 1.165) is 18.5 Å². The molecule has 1 heterocycles. The molecule has 0 unspecified atom stereocenters. The van der Waals surface area contributed by atoms with Gasteiger partial charge in [0.15, 0.2) is 0 Å². The van der Waals surface area contributed by atoms with E-state index in [9.17, 15) is 14.7 Å². The molecule has 0 aliphatic heterocycles. The summed E-state index contributed by atoms with van der Waals surface area (Å²) in [4.78, 5) is 27.2. The largest absolute Gasteiger partial charge is 0.480 e. The smallest absolute Gasteiger partial charge is 0.326 e. The number of nitrogens with zero attached hydrogens (tertiary/aromatic N) is 2. The third kappa shape index (κ3) is 5.94. The molecule has 0 aliphatic rings. The highest BCUT2D eigenvalue weighted by atomic mass is 16.4. The van der Waals surface area contributed by atoms with Gasteiger partial charge < -0.3 is 15.0 Å². The van der Waals surface area contributed by atoms with Crippen molar-refractivity contribution in [3.05, 3.63) is 54.6 Å². The Morgan fingerprint density at radius 1 is 1.22 bits per heavy atom. The number of carboxylic acids is 1. The van der Waals surface area contributed by atoms with Crippen molar-refractivity contribution in [2.75, 3.05) is 0 Å². The lowest BCUT2D eigenvalue weighted by Gasteiger charge is -2.14. The van der Waals surface area contributed by atoms with Crippen LogP contribution in [0.2, 0.25) is 0 Å². The number of hydrogen-bond donors (Lipinski definition) is 2. The zero-order valence-corrected chi connectivity index (χ0v) is 12.9. The molecular weight excluding hydrogens is 294 g/mol. The molecule has 6 nitrogen and oxygen atoms in total. The van der Waals surface area contributed by atoms with Gasteiger partial charge in [-0.1, -0.05) is 30.3 Å². The van der Waals surface area contributed by atoms with Crippen molar-refractivity contribution in [3.63, 3.8) is 0 Å². The maximum absolute atomic E-state index is 11.9. The van der Waals surface area contributed by atoms with Crippen molar-refractivity contribution in [2.24, 2.45) is 0 Å². The molecule has 2 rings (SSSR count). The fourth-order valence-corrected chi connectivity index (χ4v) is 2.32. The number of aromatic nitrogens is 2. The second-order valence-electron chi connectivity index (χ2n) is 5.41. The number of amides is 1. The monoisotopic (exact) mass is 315 g/mol. The molecule has 0 aliphatic carbocycles. The van der Waals surface area contributed by atoms with Crippen LogP contribution in [0.15, 0.2) is 49.1 Å². The van der Waals surface area contributed by atoms with Crippen molar-refractivity contribution in [3.8, 4) is 0 Å². The molecular formula is C17H21N3O3. The number of nitrogens with one attached hydrogen (secondary N) is 1. The average molecular weight is 315 g/mol. The van der Waals surface area contributed by atoms with Crippen molar-refractivity contribution < 1.29 is 14.7 Å². The predicted octanol–water partition coefficient (Wildman–Crippen LogP) is 1.87. The minimum atomic E-state index is -1.01. The summed E-state index contributed by atoms with van der Waals surface area (Å²) in [6.45, 7) is 0.805. The number of hydrogen-bond acceptors (Lipinski definition) is 3. The molecule has 6 heteroatoms. The van der Waals surface area contributed by atoms with Crippen LogP contribution in [0.25, 0.3) is 0 Å². The summed E-state index contributed by atoms with van der Waals surface area (Å²) in [5.74, 6) is -1.24. The molecule has 2 aromatic rings. The van der Waals surface area contributed by atoms with Gasteiger partial charge in [-0.2, -0.15) is 0 Å². The van der Waals surface area contributed by atoms with Crippen LogP contribution < -0.4 is 5.32 Å². The number of carboxylic acid groups (broad SMARTS) is 1. The molecule has 1 aromatic carbocycles. The Morgan fingerprint density at radius 3 is 2.65 bits per heavy atom. The van der Waals surface area contributed by atoms with Crippen LogP contribution in [0.5, 0.6) is 0 Å². The molecule has 2 N–H and O–H groups in total. The van der Waals surface area contributed by atoms with E-state index in [1.54, 1.807) is 12.5 Å². The topological polar surface area (TPSA) is 84.2 Å². The van der Waals surface area contributed by atoms with Crippen LogP contribution in [-0.4, -0.2) is 32.6 Å². The molecule has 1 amide bonds. The molecule has 122 valence electrons. The van der Waals surface area contributed by atoms with Crippen LogP contribution in [0, 0.1) is 0 Å². The van der Waals surface area contributed by atoms with E-state index in [0.29, 0.717) is 12.8 Å². The van der Waals surface area contributed by atoms with E-state index in [1.807, 2.05) is 41.1 Å². The first kappa shape index (κ1) is 16.7. The van der Waals surface area contributed by atoms with E-state index >= 15 is 0 Å². The third-order valence-electron chi connectivity index (χ3n) is 3.55. The fourth-order valence-electron chi connectivity index (χ4n) is 2.32. The molecule has 1 atom stereocenters. The van der Waals surface area contributed by atoms with Gasteiger partial charge in [0, 0.05) is 31.8 Å². The first-order valence-corrected chi connectivity index (χ1v) is 7.67. The van der Waals surface area contributed by atoms with Crippen LogP contribution >= 0.6 is 0 Å².